The highest BCUT2D eigenvalue weighted by Gasteiger charge is 2.35. The molecule has 5 heteroatoms. The van der Waals surface area contributed by atoms with Gasteiger partial charge in [-0.3, -0.25) is 4.79 Å². The quantitative estimate of drug-likeness (QED) is 0.799. The molecule has 5 nitrogen and oxygen atoms in total. The molecule has 0 fully saturated rings. The van der Waals surface area contributed by atoms with Crippen molar-refractivity contribution in [2.24, 2.45) is 0 Å². The monoisotopic (exact) mass is 301 g/mol. The lowest BCUT2D eigenvalue weighted by atomic mass is 9.72. The number of allylic oxidation sites excluding steroid dienone is 2. The second-order valence-electron chi connectivity index (χ2n) is 5.23. The predicted octanol–water partition coefficient (Wildman–Crippen LogP) is 3.10. The van der Waals surface area contributed by atoms with Crippen LogP contribution in [0.3, 0.4) is 0 Å². The van der Waals surface area contributed by atoms with E-state index in [2.05, 4.69) is 6.07 Å². The van der Waals surface area contributed by atoms with Gasteiger partial charge in [0.15, 0.2) is 11.5 Å². The molecule has 0 N–H and O–H groups in total. The molecule has 116 valence electrons. The summed E-state index contributed by atoms with van der Waals surface area (Å²) in [6.07, 6.45) is 3.48. The van der Waals surface area contributed by atoms with Crippen LogP contribution in [0.1, 0.15) is 31.7 Å². The van der Waals surface area contributed by atoms with E-state index < -0.39 is 5.41 Å². The summed E-state index contributed by atoms with van der Waals surface area (Å²) in [7, 11) is 3.15. The molecule has 0 unspecified atom stereocenters. The van der Waals surface area contributed by atoms with Crippen LogP contribution in [0.15, 0.2) is 30.0 Å². The van der Waals surface area contributed by atoms with E-state index >= 15 is 0 Å². The highest BCUT2D eigenvalue weighted by Crippen LogP contribution is 2.41. The maximum absolute atomic E-state index is 11.0. The summed E-state index contributed by atoms with van der Waals surface area (Å²) >= 11 is 0. The number of carbonyl (C=O) groups is 1. The summed E-state index contributed by atoms with van der Waals surface area (Å²) in [6.45, 7) is 1.38. The van der Waals surface area contributed by atoms with Gasteiger partial charge in [-0.2, -0.15) is 5.26 Å². The van der Waals surface area contributed by atoms with Gasteiger partial charge >= 0.3 is 5.97 Å². The van der Waals surface area contributed by atoms with Crippen LogP contribution in [-0.4, -0.2) is 20.2 Å². The fraction of sp³-hybridized carbons (Fsp3) is 0.412. The molecule has 0 bridgehead atoms. The maximum atomic E-state index is 11.0. The van der Waals surface area contributed by atoms with Crippen molar-refractivity contribution >= 4 is 5.97 Å². The molecular formula is C17H19NO4. The smallest absolute Gasteiger partial charge is 0.307 e. The lowest BCUT2D eigenvalue weighted by Gasteiger charge is -2.30. The first-order chi connectivity index (χ1) is 10.5. The van der Waals surface area contributed by atoms with Gasteiger partial charge < -0.3 is 14.2 Å². The first-order valence-corrected chi connectivity index (χ1v) is 7.06. The van der Waals surface area contributed by atoms with Gasteiger partial charge in [0.1, 0.15) is 5.76 Å². The largest absolute Gasteiger partial charge is 0.493 e. The molecule has 1 aliphatic carbocycles. The van der Waals surface area contributed by atoms with E-state index in [-0.39, 0.29) is 5.97 Å². The normalized spacial score (nSPS) is 20.5. The molecule has 1 aromatic rings. The third kappa shape index (κ3) is 3.06. The van der Waals surface area contributed by atoms with Crippen molar-refractivity contribution in [2.45, 2.75) is 31.6 Å². The van der Waals surface area contributed by atoms with E-state index in [0.29, 0.717) is 36.5 Å². The molecule has 0 radical (unpaired) electrons. The van der Waals surface area contributed by atoms with Crippen molar-refractivity contribution < 1.29 is 19.0 Å². The molecule has 1 atom stereocenters. The number of ether oxygens (including phenoxy) is 3. The molecule has 0 saturated heterocycles. The zero-order valence-electron chi connectivity index (χ0n) is 13.0. The molecule has 0 spiro atoms. The van der Waals surface area contributed by atoms with Crippen LogP contribution in [0.2, 0.25) is 0 Å². The van der Waals surface area contributed by atoms with Gasteiger partial charge in [-0.1, -0.05) is 6.07 Å². The Bertz CT molecular complexity index is 645. The second kappa shape index (κ2) is 6.52. The summed E-state index contributed by atoms with van der Waals surface area (Å²) in [5, 5.41) is 9.69. The molecule has 0 aliphatic heterocycles. The van der Waals surface area contributed by atoms with E-state index in [1.165, 1.54) is 6.92 Å². The summed E-state index contributed by atoms with van der Waals surface area (Å²) in [5.74, 6) is 1.54. The Morgan fingerprint density at radius 3 is 2.50 bits per heavy atom. The lowest BCUT2D eigenvalue weighted by Crippen LogP contribution is -2.27. The van der Waals surface area contributed by atoms with Gasteiger partial charge in [-0.05, 0) is 36.6 Å². The Labute approximate surface area is 130 Å². The minimum absolute atomic E-state index is 0.332. The first-order valence-electron chi connectivity index (χ1n) is 7.06. The van der Waals surface area contributed by atoms with Crippen LogP contribution in [0.25, 0.3) is 0 Å². The minimum atomic E-state index is -0.636. The third-order valence-electron chi connectivity index (χ3n) is 3.90. The molecule has 1 aromatic carbocycles. The molecule has 0 heterocycles. The van der Waals surface area contributed by atoms with E-state index in [1.54, 1.807) is 20.3 Å². The van der Waals surface area contributed by atoms with Crippen molar-refractivity contribution in [2.75, 3.05) is 14.2 Å². The van der Waals surface area contributed by atoms with Crippen molar-refractivity contribution in [1.82, 2.24) is 0 Å². The topological polar surface area (TPSA) is 68.5 Å². The fourth-order valence-corrected chi connectivity index (χ4v) is 2.67. The van der Waals surface area contributed by atoms with Gasteiger partial charge in [0, 0.05) is 13.3 Å². The number of nitriles is 1. The average Bonchev–Trinajstić information content (AvgIpc) is 2.54. The van der Waals surface area contributed by atoms with Gasteiger partial charge in [-0.15, -0.1) is 0 Å². The number of benzene rings is 1. The molecule has 1 aliphatic rings. The average molecular weight is 301 g/mol. The number of hydrogen-bond acceptors (Lipinski definition) is 5. The van der Waals surface area contributed by atoms with Crippen LogP contribution in [-0.2, 0) is 14.9 Å². The standard InChI is InChI=1S/C17H19NO4/c1-12(19)22-14-6-8-17(11-18,9-7-14)13-4-5-15(20-2)16(10-13)21-3/h4-6,10H,7-9H2,1-3H3/t17-/m0/s1. The summed E-state index contributed by atoms with van der Waals surface area (Å²) in [4.78, 5) is 11.0. The Kier molecular flexibility index (Phi) is 4.71. The van der Waals surface area contributed by atoms with Crippen LogP contribution >= 0.6 is 0 Å². The number of rotatable bonds is 4. The molecule has 22 heavy (non-hydrogen) atoms. The molecule has 0 amide bonds. The molecule has 2 rings (SSSR count). The lowest BCUT2D eigenvalue weighted by molar-refractivity contribution is -0.137. The van der Waals surface area contributed by atoms with E-state index in [1.807, 2.05) is 18.2 Å². The Morgan fingerprint density at radius 1 is 1.27 bits per heavy atom. The maximum Gasteiger partial charge on any atom is 0.307 e. The second-order valence-corrected chi connectivity index (χ2v) is 5.23. The Balaban J connectivity index is 2.32. The summed E-state index contributed by atoms with van der Waals surface area (Å²) in [5.41, 5.74) is 0.245. The van der Waals surface area contributed by atoms with Crippen LogP contribution < -0.4 is 9.47 Å². The zero-order chi connectivity index (χ0) is 16.2. The number of nitrogens with zero attached hydrogens (tertiary/aromatic N) is 1. The predicted molar refractivity (Wildman–Crippen MR) is 80.5 cm³/mol. The van der Waals surface area contributed by atoms with Crippen LogP contribution in [0.4, 0.5) is 0 Å². The highest BCUT2D eigenvalue weighted by atomic mass is 16.5. The van der Waals surface area contributed by atoms with Gasteiger partial charge in [0.25, 0.3) is 0 Å². The number of carbonyl (C=O) groups excluding carboxylic acids is 1. The van der Waals surface area contributed by atoms with Crippen molar-refractivity contribution in [1.29, 1.82) is 5.26 Å². The third-order valence-corrected chi connectivity index (χ3v) is 3.90. The van der Waals surface area contributed by atoms with Gasteiger partial charge in [0.05, 0.1) is 25.7 Å². The minimum Gasteiger partial charge on any atom is -0.493 e. The Hall–Kier alpha value is -2.48. The SMILES string of the molecule is COc1ccc([C@@]2(C#N)CC=C(OC(C)=O)CC2)cc1OC. The van der Waals surface area contributed by atoms with E-state index in [9.17, 15) is 10.1 Å². The summed E-state index contributed by atoms with van der Waals surface area (Å²) < 4.78 is 15.7. The van der Waals surface area contributed by atoms with Crippen LogP contribution in [0, 0.1) is 11.3 Å². The van der Waals surface area contributed by atoms with Gasteiger partial charge in [0.2, 0.25) is 0 Å². The van der Waals surface area contributed by atoms with E-state index in [4.69, 9.17) is 14.2 Å². The molecule has 0 aromatic heterocycles. The van der Waals surface area contributed by atoms with Gasteiger partial charge in [-0.25, -0.2) is 0 Å². The molecule has 0 saturated carbocycles. The Morgan fingerprint density at radius 2 is 2.00 bits per heavy atom. The van der Waals surface area contributed by atoms with E-state index in [0.717, 1.165) is 5.56 Å². The highest BCUT2D eigenvalue weighted by molar-refractivity contribution is 5.67. The van der Waals surface area contributed by atoms with Crippen molar-refractivity contribution in [3.63, 3.8) is 0 Å². The van der Waals surface area contributed by atoms with Crippen LogP contribution in [0.5, 0.6) is 11.5 Å². The van der Waals surface area contributed by atoms with Crippen molar-refractivity contribution in [3.05, 3.63) is 35.6 Å². The number of methoxy groups -OCH3 is 2. The molecular weight excluding hydrogens is 282 g/mol. The zero-order valence-corrected chi connectivity index (χ0v) is 13.0. The van der Waals surface area contributed by atoms with Crippen molar-refractivity contribution in [3.8, 4) is 17.6 Å². The fourth-order valence-electron chi connectivity index (χ4n) is 2.67. The number of hydrogen-bond donors (Lipinski definition) is 0. The summed E-state index contributed by atoms with van der Waals surface area (Å²) in [6, 6.07) is 7.94. The number of esters is 1. The first kappa shape index (κ1) is 15.9.